The maximum atomic E-state index is 6.36. The van der Waals surface area contributed by atoms with E-state index in [-0.39, 0.29) is 12.1 Å². The van der Waals surface area contributed by atoms with E-state index in [4.69, 9.17) is 10.5 Å². The molecule has 3 atom stereocenters. The molecule has 0 bridgehead atoms. The average molecular weight is 330 g/mol. The van der Waals surface area contributed by atoms with Crippen LogP contribution in [0.15, 0.2) is 4.47 Å². The third-order valence-electron chi connectivity index (χ3n) is 3.99. The number of halogens is 1. The number of hydrogen-bond acceptors (Lipinski definition) is 3. The number of ether oxygens (including phenoxy) is 1. The maximum Gasteiger partial charge on any atom is 0.0766 e. The molecular weight excluding hydrogens is 306 g/mol. The molecule has 2 heterocycles. The lowest BCUT2D eigenvalue weighted by Crippen LogP contribution is -2.40. The molecule has 1 aliphatic heterocycles. The minimum atomic E-state index is 0.0421. The van der Waals surface area contributed by atoms with E-state index in [1.165, 1.54) is 5.69 Å². The number of nitrogens with zero attached hydrogens (tertiary/aromatic N) is 2. The zero-order valence-electron chi connectivity index (χ0n) is 12.0. The van der Waals surface area contributed by atoms with Crippen molar-refractivity contribution in [3.05, 3.63) is 15.9 Å². The predicted molar refractivity (Wildman–Crippen MR) is 80.2 cm³/mol. The molecule has 1 fully saturated rings. The lowest BCUT2D eigenvalue weighted by atomic mass is 9.95. The molecule has 0 spiro atoms. The Morgan fingerprint density at radius 1 is 1.53 bits per heavy atom. The van der Waals surface area contributed by atoms with Gasteiger partial charge in [-0.25, -0.2) is 0 Å². The van der Waals surface area contributed by atoms with Gasteiger partial charge in [0.15, 0.2) is 0 Å². The van der Waals surface area contributed by atoms with Crippen molar-refractivity contribution in [2.75, 3.05) is 6.61 Å². The Morgan fingerprint density at radius 2 is 2.26 bits per heavy atom. The molecule has 1 aliphatic rings. The van der Waals surface area contributed by atoms with Gasteiger partial charge in [-0.15, -0.1) is 0 Å². The van der Waals surface area contributed by atoms with E-state index in [2.05, 4.69) is 46.5 Å². The van der Waals surface area contributed by atoms with Gasteiger partial charge in [-0.1, -0.05) is 13.8 Å². The van der Waals surface area contributed by atoms with E-state index in [9.17, 15) is 0 Å². The van der Waals surface area contributed by atoms with Gasteiger partial charge in [0.05, 0.1) is 22.0 Å². The summed E-state index contributed by atoms with van der Waals surface area (Å²) in [6, 6.07) is 0.0421. The van der Waals surface area contributed by atoms with Crippen LogP contribution in [0.5, 0.6) is 0 Å². The zero-order valence-corrected chi connectivity index (χ0v) is 13.6. The van der Waals surface area contributed by atoms with E-state index in [0.29, 0.717) is 5.92 Å². The molecule has 2 N–H and O–H groups in total. The Balaban J connectivity index is 2.15. The highest BCUT2D eigenvalue weighted by Gasteiger charge is 2.31. The van der Waals surface area contributed by atoms with Crippen molar-refractivity contribution >= 4 is 15.9 Å². The van der Waals surface area contributed by atoms with Crippen molar-refractivity contribution in [2.24, 2.45) is 11.7 Å². The van der Waals surface area contributed by atoms with Crippen LogP contribution in [0.3, 0.4) is 0 Å². The molecule has 108 valence electrons. The number of nitrogens with two attached hydrogens (primary N) is 1. The van der Waals surface area contributed by atoms with Crippen molar-refractivity contribution in [3.8, 4) is 0 Å². The standard InChI is InChI=1S/C14H24BrN3O/c1-4-11-13(15)12(18(5-2)17-11)8-10(16)14-9(3)6-7-19-14/h9-10,14H,4-8,16H2,1-3H3. The zero-order chi connectivity index (χ0) is 14.0. The third-order valence-corrected chi connectivity index (χ3v) is 4.90. The summed E-state index contributed by atoms with van der Waals surface area (Å²) in [5, 5.41) is 4.62. The second-order valence-corrected chi connectivity index (χ2v) is 6.14. The summed E-state index contributed by atoms with van der Waals surface area (Å²) in [5.41, 5.74) is 8.68. The first-order chi connectivity index (χ1) is 9.08. The molecule has 0 aliphatic carbocycles. The smallest absolute Gasteiger partial charge is 0.0766 e. The highest BCUT2D eigenvalue weighted by molar-refractivity contribution is 9.10. The highest BCUT2D eigenvalue weighted by Crippen LogP contribution is 2.27. The fraction of sp³-hybridized carbons (Fsp3) is 0.786. The van der Waals surface area contributed by atoms with Crippen LogP contribution in [-0.2, 0) is 24.1 Å². The van der Waals surface area contributed by atoms with Crippen LogP contribution in [0, 0.1) is 5.92 Å². The summed E-state index contributed by atoms with van der Waals surface area (Å²) in [6.45, 7) is 8.18. The van der Waals surface area contributed by atoms with Gasteiger partial charge >= 0.3 is 0 Å². The number of rotatable bonds is 5. The molecule has 0 radical (unpaired) electrons. The Morgan fingerprint density at radius 3 is 2.79 bits per heavy atom. The van der Waals surface area contributed by atoms with Crippen LogP contribution < -0.4 is 5.73 Å². The minimum absolute atomic E-state index is 0.0421. The van der Waals surface area contributed by atoms with E-state index < -0.39 is 0 Å². The molecule has 4 nitrogen and oxygen atoms in total. The van der Waals surface area contributed by atoms with Gasteiger partial charge in [-0.05, 0) is 41.6 Å². The first-order valence-electron chi connectivity index (χ1n) is 7.19. The second-order valence-electron chi connectivity index (χ2n) is 5.35. The van der Waals surface area contributed by atoms with Crippen LogP contribution in [0.2, 0.25) is 0 Å². The van der Waals surface area contributed by atoms with Crippen LogP contribution in [-0.4, -0.2) is 28.5 Å². The molecular formula is C14H24BrN3O. The Kier molecular flexibility index (Phi) is 5.03. The summed E-state index contributed by atoms with van der Waals surface area (Å²) in [7, 11) is 0. The first kappa shape index (κ1) is 15.0. The first-order valence-corrected chi connectivity index (χ1v) is 7.98. The van der Waals surface area contributed by atoms with Crippen LogP contribution in [0.1, 0.15) is 38.6 Å². The SMILES string of the molecule is CCc1nn(CC)c(CC(N)C2OCCC2C)c1Br. The summed E-state index contributed by atoms with van der Waals surface area (Å²) in [6.07, 6.45) is 3.05. The van der Waals surface area contributed by atoms with Gasteiger partial charge in [-0.2, -0.15) is 5.10 Å². The van der Waals surface area contributed by atoms with Crippen LogP contribution in [0.4, 0.5) is 0 Å². The maximum absolute atomic E-state index is 6.36. The third kappa shape index (κ3) is 3.03. The Bertz CT molecular complexity index is 433. The normalized spacial score (nSPS) is 24.9. The number of aromatic nitrogens is 2. The summed E-state index contributed by atoms with van der Waals surface area (Å²) < 4.78 is 8.96. The summed E-state index contributed by atoms with van der Waals surface area (Å²) in [4.78, 5) is 0. The van der Waals surface area contributed by atoms with E-state index in [0.717, 1.165) is 42.6 Å². The van der Waals surface area contributed by atoms with Crippen molar-refractivity contribution in [1.29, 1.82) is 0 Å². The number of aryl methyl sites for hydroxylation is 2. The molecule has 0 saturated carbocycles. The fourth-order valence-electron chi connectivity index (χ4n) is 2.82. The average Bonchev–Trinajstić information content (AvgIpc) is 2.95. The van der Waals surface area contributed by atoms with Crippen LogP contribution >= 0.6 is 15.9 Å². The molecule has 1 aromatic rings. The van der Waals surface area contributed by atoms with Gasteiger partial charge in [0.2, 0.25) is 0 Å². The monoisotopic (exact) mass is 329 g/mol. The largest absolute Gasteiger partial charge is 0.376 e. The van der Waals surface area contributed by atoms with Crippen molar-refractivity contribution in [2.45, 2.75) is 58.7 Å². The van der Waals surface area contributed by atoms with Crippen LogP contribution in [0.25, 0.3) is 0 Å². The molecule has 3 unspecified atom stereocenters. The molecule has 2 rings (SSSR count). The minimum Gasteiger partial charge on any atom is -0.376 e. The summed E-state index contributed by atoms with van der Waals surface area (Å²) >= 11 is 3.68. The number of hydrogen-bond donors (Lipinski definition) is 1. The summed E-state index contributed by atoms with van der Waals surface area (Å²) in [5.74, 6) is 0.553. The predicted octanol–water partition coefficient (Wildman–Crippen LogP) is 2.52. The lowest BCUT2D eigenvalue weighted by Gasteiger charge is -2.22. The highest BCUT2D eigenvalue weighted by atomic mass is 79.9. The van der Waals surface area contributed by atoms with Gasteiger partial charge in [0.1, 0.15) is 0 Å². The Hall–Kier alpha value is -0.390. The quantitative estimate of drug-likeness (QED) is 0.903. The van der Waals surface area contributed by atoms with E-state index in [1.807, 2.05) is 0 Å². The molecule has 5 heteroatoms. The Labute approximate surface area is 123 Å². The van der Waals surface area contributed by atoms with Crippen molar-refractivity contribution < 1.29 is 4.74 Å². The molecule has 19 heavy (non-hydrogen) atoms. The second kappa shape index (κ2) is 6.37. The molecule has 1 saturated heterocycles. The molecule has 0 amide bonds. The molecule has 0 aromatic carbocycles. The van der Waals surface area contributed by atoms with Crippen molar-refractivity contribution in [3.63, 3.8) is 0 Å². The lowest BCUT2D eigenvalue weighted by molar-refractivity contribution is 0.0720. The van der Waals surface area contributed by atoms with E-state index in [1.54, 1.807) is 0 Å². The molecule has 1 aromatic heterocycles. The topological polar surface area (TPSA) is 53.1 Å². The van der Waals surface area contributed by atoms with Crippen molar-refractivity contribution in [1.82, 2.24) is 9.78 Å². The van der Waals surface area contributed by atoms with Gasteiger partial charge in [-0.3, -0.25) is 4.68 Å². The fourth-order valence-corrected chi connectivity index (χ4v) is 3.54. The van der Waals surface area contributed by atoms with E-state index >= 15 is 0 Å². The van der Waals surface area contributed by atoms with Gasteiger partial charge in [0, 0.05) is 25.6 Å². The van der Waals surface area contributed by atoms with Gasteiger partial charge in [0.25, 0.3) is 0 Å². The van der Waals surface area contributed by atoms with Gasteiger partial charge < -0.3 is 10.5 Å².